The average molecular weight is 358 g/mol. The predicted molar refractivity (Wildman–Crippen MR) is 91.0 cm³/mol. The van der Waals surface area contributed by atoms with Gasteiger partial charge in [-0.05, 0) is 48.8 Å². The molecule has 0 bridgehead atoms. The Morgan fingerprint density at radius 1 is 1.40 bits per heavy atom. The SMILES string of the molecule is CC(C)(C)NC(=O)CCNc1cccc(Br)c1C(N)=S. The number of amides is 1. The molecule has 0 aromatic heterocycles. The van der Waals surface area contributed by atoms with Crippen molar-refractivity contribution in [3.8, 4) is 0 Å². The van der Waals surface area contributed by atoms with E-state index in [-0.39, 0.29) is 11.4 Å². The zero-order chi connectivity index (χ0) is 15.3. The number of carbonyl (C=O) groups is 1. The van der Waals surface area contributed by atoms with Crippen molar-refractivity contribution in [2.45, 2.75) is 32.7 Å². The summed E-state index contributed by atoms with van der Waals surface area (Å²) in [5.74, 6) is 0.0110. The number of benzene rings is 1. The van der Waals surface area contributed by atoms with E-state index in [2.05, 4.69) is 26.6 Å². The normalized spacial score (nSPS) is 11.0. The number of carbonyl (C=O) groups excluding carboxylic acids is 1. The Morgan fingerprint density at radius 2 is 2.05 bits per heavy atom. The molecule has 0 fully saturated rings. The zero-order valence-corrected chi connectivity index (χ0v) is 14.3. The Bertz CT molecular complexity index is 512. The second-order valence-electron chi connectivity index (χ2n) is 5.50. The van der Waals surface area contributed by atoms with E-state index in [0.717, 1.165) is 15.7 Å². The van der Waals surface area contributed by atoms with Gasteiger partial charge in [0.25, 0.3) is 0 Å². The molecule has 1 aromatic carbocycles. The van der Waals surface area contributed by atoms with Crippen molar-refractivity contribution in [3.05, 3.63) is 28.2 Å². The van der Waals surface area contributed by atoms with Crippen molar-refractivity contribution in [1.29, 1.82) is 0 Å². The van der Waals surface area contributed by atoms with Crippen LogP contribution in [0.15, 0.2) is 22.7 Å². The Labute approximate surface area is 133 Å². The highest BCUT2D eigenvalue weighted by Crippen LogP contribution is 2.24. The first-order chi connectivity index (χ1) is 9.20. The lowest BCUT2D eigenvalue weighted by atomic mass is 10.1. The molecule has 1 rings (SSSR count). The molecule has 0 saturated carbocycles. The van der Waals surface area contributed by atoms with Gasteiger partial charge in [-0.15, -0.1) is 0 Å². The lowest BCUT2D eigenvalue weighted by Crippen LogP contribution is -2.41. The minimum atomic E-state index is -0.211. The lowest BCUT2D eigenvalue weighted by Gasteiger charge is -2.20. The summed E-state index contributed by atoms with van der Waals surface area (Å²) >= 11 is 8.46. The van der Waals surface area contributed by atoms with Crippen LogP contribution in [0.1, 0.15) is 32.8 Å². The van der Waals surface area contributed by atoms with Crippen LogP contribution in [0.3, 0.4) is 0 Å². The summed E-state index contributed by atoms with van der Waals surface area (Å²) in [6, 6.07) is 5.66. The summed E-state index contributed by atoms with van der Waals surface area (Å²) in [4.78, 5) is 12.0. The van der Waals surface area contributed by atoms with E-state index in [4.69, 9.17) is 18.0 Å². The summed E-state index contributed by atoms with van der Waals surface area (Å²) in [6.45, 7) is 6.39. The molecule has 0 aliphatic heterocycles. The number of nitrogens with one attached hydrogen (secondary N) is 2. The fraction of sp³-hybridized carbons (Fsp3) is 0.429. The van der Waals surface area contributed by atoms with Crippen LogP contribution in [0.25, 0.3) is 0 Å². The van der Waals surface area contributed by atoms with Crippen LogP contribution in [-0.4, -0.2) is 23.0 Å². The topological polar surface area (TPSA) is 67.2 Å². The van der Waals surface area contributed by atoms with Crippen LogP contribution in [0.5, 0.6) is 0 Å². The van der Waals surface area contributed by atoms with Crippen molar-refractivity contribution in [1.82, 2.24) is 5.32 Å². The van der Waals surface area contributed by atoms with Crippen LogP contribution in [0.4, 0.5) is 5.69 Å². The highest BCUT2D eigenvalue weighted by molar-refractivity contribution is 9.10. The minimum Gasteiger partial charge on any atom is -0.389 e. The fourth-order valence-corrected chi connectivity index (χ4v) is 2.64. The van der Waals surface area contributed by atoms with Gasteiger partial charge in [-0.2, -0.15) is 0 Å². The number of hydrogen-bond acceptors (Lipinski definition) is 3. The van der Waals surface area contributed by atoms with Gasteiger partial charge >= 0.3 is 0 Å². The van der Waals surface area contributed by atoms with E-state index in [1.807, 2.05) is 39.0 Å². The standard InChI is InChI=1S/C14H20BrN3OS/c1-14(2,3)18-11(19)7-8-17-10-6-4-5-9(15)12(10)13(16)20/h4-6,17H,7-8H2,1-3H3,(H2,16,20)(H,18,19). The molecule has 0 atom stereocenters. The van der Waals surface area contributed by atoms with E-state index in [1.54, 1.807) is 0 Å². The van der Waals surface area contributed by atoms with Gasteiger partial charge in [-0.3, -0.25) is 4.79 Å². The zero-order valence-electron chi connectivity index (χ0n) is 11.9. The maximum atomic E-state index is 11.7. The number of rotatable bonds is 5. The number of anilines is 1. The number of nitrogens with two attached hydrogens (primary N) is 1. The molecular weight excluding hydrogens is 338 g/mol. The summed E-state index contributed by atoms with van der Waals surface area (Å²) in [7, 11) is 0. The Morgan fingerprint density at radius 3 is 2.60 bits per heavy atom. The molecule has 4 N–H and O–H groups in total. The first-order valence-electron chi connectivity index (χ1n) is 6.34. The Hall–Kier alpha value is -1.14. The van der Waals surface area contributed by atoms with Gasteiger partial charge in [-0.1, -0.05) is 18.3 Å². The molecule has 0 aliphatic carbocycles. The molecular formula is C14H20BrN3OS. The van der Waals surface area contributed by atoms with E-state index in [9.17, 15) is 4.79 Å². The van der Waals surface area contributed by atoms with E-state index in [1.165, 1.54) is 0 Å². The van der Waals surface area contributed by atoms with Gasteiger partial charge in [0.1, 0.15) is 4.99 Å². The first kappa shape index (κ1) is 16.9. The van der Waals surface area contributed by atoms with Crippen LogP contribution in [0, 0.1) is 0 Å². The van der Waals surface area contributed by atoms with Gasteiger partial charge in [0.15, 0.2) is 0 Å². The molecule has 0 unspecified atom stereocenters. The van der Waals surface area contributed by atoms with Crippen LogP contribution < -0.4 is 16.4 Å². The van der Waals surface area contributed by atoms with Crippen molar-refractivity contribution in [2.24, 2.45) is 5.73 Å². The maximum absolute atomic E-state index is 11.7. The third kappa shape index (κ3) is 5.46. The largest absolute Gasteiger partial charge is 0.389 e. The third-order valence-corrected chi connectivity index (χ3v) is 3.31. The van der Waals surface area contributed by atoms with E-state index in [0.29, 0.717) is 18.0 Å². The minimum absolute atomic E-state index is 0.0110. The molecule has 0 spiro atoms. The quantitative estimate of drug-likeness (QED) is 0.708. The predicted octanol–water partition coefficient (Wildman–Crippen LogP) is 2.80. The summed E-state index contributed by atoms with van der Waals surface area (Å²) < 4.78 is 0.842. The molecule has 0 aliphatic rings. The van der Waals surface area contributed by atoms with Crippen LogP contribution in [0.2, 0.25) is 0 Å². The number of halogens is 1. The van der Waals surface area contributed by atoms with Crippen molar-refractivity contribution in [3.63, 3.8) is 0 Å². The maximum Gasteiger partial charge on any atom is 0.222 e. The molecule has 1 amide bonds. The summed E-state index contributed by atoms with van der Waals surface area (Å²) in [6.07, 6.45) is 0.389. The Kier molecular flexibility index (Phi) is 5.95. The monoisotopic (exact) mass is 357 g/mol. The van der Waals surface area contributed by atoms with Gasteiger partial charge in [0.05, 0.1) is 0 Å². The molecule has 4 nitrogen and oxygen atoms in total. The smallest absolute Gasteiger partial charge is 0.222 e. The number of thiocarbonyl (C=S) groups is 1. The molecule has 6 heteroatoms. The fourth-order valence-electron chi connectivity index (χ4n) is 1.71. The van der Waals surface area contributed by atoms with Gasteiger partial charge in [-0.25, -0.2) is 0 Å². The van der Waals surface area contributed by atoms with Crippen molar-refractivity contribution in [2.75, 3.05) is 11.9 Å². The second kappa shape index (κ2) is 7.04. The molecule has 110 valence electrons. The highest BCUT2D eigenvalue weighted by atomic mass is 79.9. The summed E-state index contributed by atoms with van der Waals surface area (Å²) in [5, 5.41) is 6.11. The lowest BCUT2D eigenvalue weighted by molar-refractivity contribution is -0.122. The van der Waals surface area contributed by atoms with Gasteiger partial charge < -0.3 is 16.4 Å². The Balaban J connectivity index is 2.61. The van der Waals surface area contributed by atoms with E-state index < -0.39 is 0 Å². The van der Waals surface area contributed by atoms with E-state index >= 15 is 0 Å². The van der Waals surface area contributed by atoms with Gasteiger partial charge in [0, 0.05) is 34.2 Å². The molecule has 1 aromatic rings. The molecule has 0 saturated heterocycles. The van der Waals surface area contributed by atoms with Crippen molar-refractivity contribution < 1.29 is 4.79 Å². The summed E-state index contributed by atoms with van der Waals surface area (Å²) in [5.41, 5.74) is 7.09. The van der Waals surface area contributed by atoms with Crippen molar-refractivity contribution >= 4 is 44.7 Å². The first-order valence-corrected chi connectivity index (χ1v) is 7.54. The second-order valence-corrected chi connectivity index (χ2v) is 6.80. The third-order valence-electron chi connectivity index (χ3n) is 2.44. The molecule has 0 radical (unpaired) electrons. The number of hydrogen-bond donors (Lipinski definition) is 3. The molecule has 0 heterocycles. The van der Waals surface area contributed by atoms with Crippen LogP contribution >= 0.6 is 28.1 Å². The van der Waals surface area contributed by atoms with Gasteiger partial charge in [0.2, 0.25) is 5.91 Å². The average Bonchev–Trinajstić information content (AvgIpc) is 2.25. The van der Waals surface area contributed by atoms with Crippen LogP contribution in [-0.2, 0) is 4.79 Å². The molecule has 20 heavy (non-hydrogen) atoms. The highest BCUT2D eigenvalue weighted by Gasteiger charge is 2.14.